The Morgan fingerprint density at radius 3 is 2.63 bits per heavy atom. The molecule has 4 aliphatic carbocycles. The molecular formula is C20H22F2N2O3. The Balaban J connectivity index is 1.39. The van der Waals surface area contributed by atoms with Crippen LogP contribution in [0, 0.1) is 17.3 Å². The number of rotatable bonds is 4. The van der Waals surface area contributed by atoms with Crippen LogP contribution in [0.15, 0.2) is 24.3 Å². The highest BCUT2D eigenvalue weighted by atomic mass is 19.3. The number of hydrogen-bond donors (Lipinski definition) is 1. The van der Waals surface area contributed by atoms with Gasteiger partial charge < -0.3 is 9.84 Å². The van der Waals surface area contributed by atoms with Crippen molar-refractivity contribution in [1.29, 1.82) is 0 Å². The van der Waals surface area contributed by atoms with Crippen LogP contribution in [0.3, 0.4) is 0 Å². The number of para-hydroxylation sites is 2. The maximum atomic E-state index is 13.5. The zero-order valence-electron chi connectivity index (χ0n) is 14.9. The monoisotopic (exact) mass is 376 g/mol. The molecule has 0 saturated heterocycles. The van der Waals surface area contributed by atoms with Gasteiger partial charge in [-0.05, 0) is 62.5 Å². The minimum Gasteiger partial charge on any atom is -0.457 e. The average molecular weight is 376 g/mol. The molecule has 1 aromatic carbocycles. The van der Waals surface area contributed by atoms with E-state index in [1.807, 2.05) is 0 Å². The highest BCUT2D eigenvalue weighted by Crippen LogP contribution is 2.62. The molecule has 4 fully saturated rings. The molecule has 1 aromatic heterocycles. The van der Waals surface area contributed by atoms with Crippen LogP contribution in [0.2, 0.25) is 0 Å². The Morgan fingerprint density at radius 2 is 1.96 bits per heavy atom. The molecule has 6 rings (SSSR count). The molecule has 0 spiro atoms. The van der Waals surface area contributed by atoms with Crippen LogP contribution in [0.4, 0.5) is 8.78 Å². The molecule has 7 heteroatoms. The van der Waals surface area contributed by atoms with Gasteiger partial charge in [0.15, 0.2) is 5.82 Å². The molecule has 4 aliphatic rings. The number of fused-ring (bicyclic) bond motifs is 1. The molecule has 1 heterocycles. The number of carbonyl (C=O) groups excluding carboxylic acids is 1. The lowest BCUT2D eigenvalue weighted by Gasteiger charge is -2.58. The van der Waals surface area contributed by atoms with E-state index in [-0.39, 0.29) is 18.4 Å². The van der Waals surface area contributed by atoms with E-state index in [0.29, 0.717) is 29.3 Å². The molecule has 0 amide bonds. The van der Waals surface area contributed by atoms with E-state index in [0.717, 1.165) is 36.7 Å². The van der Waals surface area contributed by atoms with Gasteiger partial charge in [-0.2, -0.15) is 8.78 Å². The molecule has 1 N–H and O–H groups in total. The van der Waals surface area contributed by atoms with E-state index in [2.05, 4.69) is 4.98 Å². The highest BCUT2D eigenvalue weighted by Gasteiger charge is 2.60. The van der Waals surface area contributed by atoms with Crippen molar-refractivity contribution in [1.82, 2.24) is 9.55 Å². The normalized spacial score (nSPS) is 34.5. The molecule has 2 aromatic rings. The van der Waals surface area contributed by atoms with Crippen LogP contribution >= 0.6 is 0 Å². The molecule has 27 heavy (non-hydrogen) atoms. The number of esters is 1. The van der Waals surface area contributed by atoms with Crippen LogP contribution in [0.5, 0.6) is 0 Å². The van der Waals surface area contributed by atoms with Gasteiger partial charge in [0, 0.05) is 0 Å². The van der Waals surface area contributed by atoms with E-state index in [1.54, 1.807) is 24.3 Å². The minimum atomic E-state index is -2.76. The number of alkyl halides is 2. The number of aliphatic hydroxyl groups is 1. The Bertz CT molecular complexity index is 896. The summed E-state index contributed by atoms with van der Waals surface area (Å²) in [6, 6.07) is 6.65. The molecule has 0 radical (unpaired) electrons. The third kappa shape index (κ3) is 2.66. The van der Waals surface area contributed by atoms with Crippen LogP contribution in [-0.4, -0.2) is 26.2 Å². The molecule has 5 nitrogen and oxygen atoms in total. The van der Waals surface area contributed by atoms with Gasteiger partial charge in [0.25, 0.3) is 0 Å². The molecular weight excluding hydrogens is 354 g/mol. The SMILES string of the molecule is O=C(OCc1nc2ccccc2n1C(F)F)C12CC3CC(CC(O)(C3)C1)C2. The predicted molar refractivity (Wildman–Crippen MR) is 92.8 cm³/mol. The molecule has 4 bridgehead atoms. The summed E-state index contributed by atoms with van der Waals surface area (Å²) in [4.78, 5) is 17.2. The summed E-state index contributed by atoms with van der Waals surface area (Å²) in [6.07, 6.45) is 4.49. The second-order valence-electron chi connectivity index (χ2n) is 8.71. The van der Waals surface area contributed by atoms with Crippen LogP contribution in [0.1, 0.15) is 50.9 Å². The van der Waals surface area contributed by atoms with Crippen molar-refractivity contribution in [2.75, 3.05) is 0 Å². The average Bonchev–Trinajstić information content (AvgIpc) is 2.96. The topological polar surface area (TPSA) is 64.3 Å². The summed E-state index contributed by atoms with van der Waals surface area (Å²) >= 11 is 0. The number of halogens is 2. The van der Waals surface area contributed by atoms with Gasteiger partial charge in [0.05, 0.1) is 22.0 Å². The lowest BCUT2D eigenvalue weighted by molar-refractivity contribution is -0.197. The minimum absolute atomic E-state index is 0.0444. The number of nitrogens with zero attached hydrogens (tertiary/aromatic N) is 2. The number of imidazole rings is 1. The number of aromatic nitrogens is 2. The number of carbonyl (C=O) groups is 1. The van der Waals surface area contributed by atoms with Crippen LogP contribution in [-0.2, 0) is 16.1 Å². The van der Waals surface area contributed by atoms with Gasteiger partial charge in [0.1, 0.15) is 6.61 Å². The summed E-state index contributed by atoms with van der Waals surface area (Å²) in [5.41, 5.74) is -0.657. The van der Waals surface area contributed by atoms with E-state index in [1.165, 1.54) is 0 Å². The first-order valence-electron chi connectivity index (χ1n) is 9.51. The Morgan fingerprint density at radius 1 is 1.26 bits per heavy atom. The zero-order valence-corrected chi connectivity index (χ0v) is 14.9. The summed E-state index contributed by atoms with van der Waals surface area (Å²) in [5.74, 6) is 0.384. The molecule has 144 valence electrons. The largest absolute Gasteiger partial charge is 0.457 e. The van der Waals surface area contributed by atoms with Crippen molar-refractivity contribution >= 4 is 17.0 Å². The summed E-state index contributed by atoms with van der Waals surface area (Å²) in [7, 11) is 0. The summed E-state index contributed by atoms with van der Waals surface area (Å²) in [6.45, 7) is -3.04. The summed E-state index contributed by atoms with van der Waals surface area (Å²) in [5, 5.41) is 10.8. The van der Waals surface area contributed by atoms with Gasteiger partial charge in [0.2, 0.25) is 0 Å². The first-order valence-corrected chi connectivity index (χ1v) is 9.51. The van der Waals surface area contributed by atoms with Gasteiger partial charge >= 0.3 is 12.5 Å². The molecule has 0 aliphatic heterocycles. The second kappa shape index (κ2) is 5.74. The van der Waals surface area contributed by atoms with Crippen molar-refractivity contribution in [3.63, 3.8) is 0 Å². The smallest absolute Gasteiger partial charge is 0.320 e. The first-order chi connectivity index (χ1) is 12.9. The van der Waals surface area contributed by atoms with Gasteiger partial charge in [-0.1, -0.05) is 12.1 Å². The van der Waals surface area contributed by atoms with E-state index in [9.17, 15) is 18.7 Å². The fourth-order valence-electron chi connectivity index (χ4n) is 6.15. The quantitative estimate of drug-likeness (QED) is 0.825. The lowest BCUT2D eigenvalue weighted by atomic mass is 9.48. The van der Waals surface area contributed by atoms with Crippen LogP contribution < -0.4 is 0 Å². The third-order valence-electron chi connectivity index (χ3n) is 6.66. The van der Waals surface area contributed by atoms with Crippen molar-refractivity contribution in [2.24, 2.45) is 17.3 Å². The van der Waals surface area contributed by atoms with E-state index < -0.39 is 17.6 Å². The van der Waals surface area contributed by atoms with Gasteiger partial charge in [-0.25, -0.2) is 4.98 Å². The lowest BCUT2D eigenvalue weighted by Crippen LogP contribution is -2.58. The molecule has 2 atom stereocenters. The van der Waals surface area contributed by atoms with Gasteiger partial charge in [-0.15, -0.1) is 0 Å². The Hall–Kier alpha value is -2.02. The van der Waals surface area contributed by atoms with Gasteiger partial charge in [-0.3, -0.25) is 9.36 Å². The van der Waals surface area contributed by atoms with E-state index >= 15 is 0 Å². The van der Waals surface area contributed by atoms with Crippen LogP contribution in [0.25, 0.3) is 11.0 Å². The third-order valence-corrected chi connectivity index (χ3v) is 6.66. The van der Waals surface area contributed by atoms with Crippen molar-refractivity contribution in [2.45, 2.75) is 57.3 Å². The predicted octanol–water partition coefficient (Wildman–Crippen LogP) is 3.81. The first kappa shape index (κ1) is 17.1. The van der Waals surface area contributed by atoms with Crippen molar-refractivity contribution in [3.05, 3.63) is 30.1 Å². The maximum absolute atomic E-state index is 13.5. The fourth-order valence-corrected chi connectivity index (χ4v) is 6.15. The van der Waals surface area contributed by atoms with E-state index in [4.69, 9.17) is 4.74 Å². The number of hydrogen-bond acceptors (Lipinski definition) is 4. The Kier molecular flexibility index (Phi) is 3.63. The number of benzene rings is 1. The van der Waals surface area contributed by atoms with Crippen molar-refractivity contribution in [3.8, 4) is 0 Å². The van der Waals surface area contributed by atoms with Crippen molar-refractivity contribution < 1.29 is 23.4 Å². The molecule has 4 saturated carbocycles. The fraction of sp³-hybridized carbons (Fsp3) is 0.600. The zero-order chi connectivity index (χ0) is 18.8. The summed E-state index contributed by atoms with van der Waals surface area (Å²) < 4.78 is 33.4. The number of ether oxygens (including phenoxy) is 1. The Labute approximate surface area is 155 Å². The standard InChI is InChI=1S/C20H22F2N2O3/c21-18(22)24-15-4-2-1-3-14(15)23-16(24)10-27-17(25)19-6-12-5-13(7-19)9-20(26,8-12)11-19/h1-4,12-13,18,26H,5-11H2. The maximum Gasteiger partial charge on any atom is 0.320 e. The highest BCUT2D eigenvalue weighted by molar-refractivity contribution is 5.78. The molecule has 2 unspecified atom stereocenters. The second-order valence-corrected chi connectivity index (χ2v) is 8.71.